The molecule has 2 rings (SSSR count). The molecular formula is C14H18FNO4S. The molecular weight excluding hydrogens is 297 g/mol. The predicted octanol–water partition coefficient (Wildman–Crippen LogP) is 2.17. The van der Waals surface area contributed by atoms with Crippen LogP contribution in [0, 0.1) is 5.82 Å². The standard InChI is InChI=1S/C14H18FNO4S/c1-20-14(17)16-8-6-10(7-9-16)11-4-3-5-12(13(11)15)21(2,18)19/h3-5,10H,6-9H2,1-2H3. The van der Waals surface area contributed by atoms with Crippen LogP contribution < -0.4 is 0 Å². The number of hydrogen-bond donors (Lipinski definition) is 0. The Morgan fingerprint density at radius 2 is 1.95 bits per heavy atom. The van der Waals surface area contributed by atoms with Crippen LogP contribution in [-0.2, 0) is 14.6 Å². The van der Waals surface area contributed by atoms with Crippen LogP contribution in [0.25, 0.3) is 0 Å². The maximum atomic E-state index is 14.4. The number of piperidine rings is 1. The third kappa shape index (κ3) is 3.34. The second-order valence-electron chi connectivity index (χ2n) is 5.16. The average Bonchev–Trinajstić information content (AvgIpc) is 2.45. The molecule has 0 spiro atoms. The molecule has 21 heavy (non-hydrogen) atoms. The second-order valence-corrected chi connectivity index (χ2v) is 7.15. The van der Waals surface area contributed by atoms with Crippen molar-refractivity contribution in [3.8, 4) is 0 Å². The Bertz CT molecular complexity index is 636. The Morgan fingerprint density at radius 3 is 2.48 bits per heavy atom. The number of carbonyl (C=O) groups is 1. The van der Waals surface area contributed by atoms with E-state index in [1.807, 2.05) is 0 Å². The van der Waals surface area contributed by atoms with E-state index in [4.69, 9.17) is 0 Å². The SMILES string of the molecule is COC(=O)N1CCC(c2cccc(S(C)(=O)=O)c2F)CC1. The average molecular weight is 315 g/mol. The molecule has 5 nitrogen and oxygen atoms in total. The Kier molecular flexibility index (Phi) is 4.51. The number of amides is 1. The quantitative estimate of drug-likeness (QED) is 0.839. The summed E-state index contributed by atoms with van der Waals surface area (Å²) in [6, 6.07) is 4.45. The third-order valence-electron chi connectivity index (χ3n) is 3.76. The molecule has 0 bridgehead atoms. The van der Waals surface area contributed by atoms with Gasteiger partial charge in [0, 0.05) is 19.3 Å². The van der Waals surface area contributed by atoms with Crippen LogP contribution in [0.4, 0.5) is 9.18 Å². The summed E-state index contributed by atoms with van der Waals surface area (Å²) in [5, 5.41) is 0. The van der Waals surface area contributed by atoms with Crippen molar-refractivity contribution in [1.82, 2.24) is 4.90 Å². The van der Waals surface area contributed by atoms with Gasteiger partial charge in [-0.25, -0.2) is 17.6 Å². The van der Waals surface area contributed by atoms with Crippen LogP contribution in [-0.4, -0.2) is 45.9 Å². The van der Waals surface area contributed by atoms with Gasteiger partial charge in [0.05, 0.1) is 7.11 Å². The first kappa shape index (κ1) is 15.8. The van der Waals surface area contributed by atoms with Crippen molar-refractivity contribution in [3.63, 3.8) is 0 Å². The van der Waals surface area contributed by atoms with E-state index in [9.17, 15) is 17.6 Å². The monoisotopic (exact) mass is 315 g/mol. The van der Waals surface area contributed by atoms with Crippen LogP contribution in [0.5, 0.6) is 0 Å². The summed E-state index contributed by atoms with van der Waals surface area (Å²) < 4.78 is 42.2. The van der Waals surface area contributed by atoms with Crippen molar-refractivity contribution in [2.24, 2.45) is 0 Å². The first-order valence-electron chi connectivity index (χ1n) is 6.66. The van der Waals surface area contributed by atoms with Crippen molar-refractivity contribution in [3.05, 3.63) is 29.6 Å². The highest BCUT2D eigenvalue weighted by Gasteiger charge is 2.27. The molecule has 0 aliphatic carbocycles. The minimum atomic E-state index is -3.58. The van der Waals surface area contributed by atoms with Gasteiger partial charge in [-0.1, -0.05) is 12.1 Å². The highest BCUT2D eigenvalue weighted by Crippen LogP contribution is 2.32. The number of nitrogens with zero attached hydrogens (tertiary/aromatic N) is 1. The molecule has 0 N–H and O–H groups in total. The van der Waals surface area contributed by atoms with Crippen LogP contribution in [0.3, 0.4) is 0 Å². The van der Waals surface area contributed by atoms with Crippen molar-refractivity contribution in [2.45, 2.75) is 23.7 Å². The van der Waals surface area contributed by atoms with E-state index in [0.29, 0.717) is 31.5 Å². The van der Waals surface area contributed by atoms with Crippen LogP contribution in [0.1, 0.15) is 24.3 Å². The van der Waals surface area contributed by atoms with Gasteiger partial charge >= 0.3 is 6.09 Å². The lowest BCUT2D eigenvalue weighted by atomic mass is 9.89. The number of ether oxygens (including phenoxy) is 1. The van der Waals surface area contributed by atoms with Gasteiger partial charge in [-0.05, 0) is 30.4 Å². The number of benzene rings is 1. The topological polar surface area (TPSA) is 63.7 Å². The summed E-state index contributed by atoms with van der Waals surface area (Å²) in [4.78, 5) is 12.7. The van der Waals surface area contributed by atoms with E-state index in [2.05, 4.69) is 4.74 Å². The predicted molar refractivity (Wildman–Crippen MR) is 75.5 cm³/mol. The van der Waals surface area contributed by atoms with Gasteiger partial charge in [0.2, 0.25) is 0 Å². The minimum Gasteiger partial charge on any atom is -0.453 e. The van der Waals surface area contributed by atoms with Crippen molar-refractivity contribution in [1.29, 1.82) is 0 Å². The molecule has 0 atom stereocenters. The molecule has 1 fully saturated rings. The number of carbonyl (C=O) groups excluding carboxylic acids is 1. The van der Waals surface area contributed by atoms with Crippen LogP contribution in [0.15, 0.2) is 23.1 Å². The zero-order valence-electron chi connectivity index (χ0n) is 12.0. The van der Waals surface area contributed by atoms with Gasteiger partial charge in [-0.2, -0.15) is 0 Å². The third-order valence-corrected chi connectivity index (χ3v) is 4.87. The fourth-order valence-corrected chi connectivity index (χ4v) is 3.40. The van der Waals surface area contributed by atoms with E-state index in [1.165, 1.54) is 13.2 Å². The number of hydrogen-bond acceptors (Lipinski definition) is 4. The Balaban J connectivity index is 2.20. The fourth-order valence-electron chi connectivity index (χ4n) is 2.63. The maximum absolute atomic E-state index is 14.4. The highest BCUT2D eigenvalue weighted by atomic mass is 32.2. The Labute approximate surface area is 123 Å². The molecule has 1 aliphatic rings. The van der Waals surface area contributed by atoms with Gasteiger partial charge < -0.3 is 9.64 Å². The molecule has 1 aromatic carbocycles. The number of halogens is 1. The zero-order valence-corrected chi connectivity index (χ0v) is 12.8. The lowest BCUT2D eigenvalue weighted by molar-refractivity contribution is 0.112. The minimum absolute atomic E-state index is 0.0902. The Morgan fingerprint density at radius 1 is 1.33 bits per heavy atom. The summed E-state index contributed by atoms with van der Waals surface area (Å²) in [6.45, 7) is 0.944. The molecule has 1 heterocycles. The molecule has 116 valence electrons. The fraction of sp³-hybridized carbons (Fsp3) is 0.500. The molecule has 1 aliphatic heterocycles. The number of methoxy groups -OCH3 is 1. The molecule has 0 radical (unpaired) electrons. The summed E-state index contributed by atoms with van der Waals surface area (Å²) in [5.74, 6) is -0.760. The van der Waals surface area contributed by atoms with E-state index in [0.717, 1.165) is 6.26 Å². The van der Waals surface area contributed by atoms with E-state index in [-0.39, 0.29) is 16.9 Å². The number of likely N-dealkylation sites (tertiary alicyclic amines) is 1. The molecule has 0 saturated carbocycles. The summed E-state index contributed by atoms with van der Waals surface area (Å²) >= 11 is 0. The molecule has 1 amide bonds. The molecule has 1 aromatic rings. The van der Waals surface area contributed by atoms with Crippen LogP contribution in [0.2, 0.25) is 0 Å². The largest absolute Gasteiger partial charge is 0.453 e. The molecule has 7 heteroatoms. The maximum Gasteiger partial charge on any atom is 0.409 e. The number of rotatable bonds is 2. The summed E-state index contributed by atoms with van der Waals surface area (Å²) in [6.07, 6.45) is 1.77. The van der Waals surface area contributed by atoms with Crippen molar-refractivity contribution < 1.29 is 22.3 Å². The smallest absolute Gasteiger partial charge is 0.409 e. The van der Waals surface area contributed by atoms with Crippen molar-refractivity contribution >= 4 is 15.9 Å². The van der Waals surface area contributed by atoms with E-state index in [1.54, 1.807) is 17.0 Å². The van der Waals surface area contributed by atoms with Gasteiger partial charge in [0.1, 0.15) is 10.7 Å². The van der Waals surface area contributed by atoms with Crippen LogP contribution >= 0.6 is 0 Å². The zero-order chi connectivity index (χ0) is 15.6. The first-order valence-corrected chi connectivity index (χ1v) is 8.55. The lowest BCUT2D eigenvalue weighted by Gasteiger charge is -2.31. The van der Waals surface area contributed by atoms with Crippen molar-refractivity contribution in [2.75, 3.05) is 26.5 Å². The van der Waals surface area contributed by atoms with Gasteiger partial charge in [-0.15, -0.1) is 0 Å². The second kappa shape index (κ2) is 6.01. The van der Waals surface area contributed by atoms with E-state index >= 15 is 0 Å². The summed E-state index contributed by atoms with van der Waals surface area (Å²) in [7, 11) is -2.26. The van der Waals surface area contributed by atoms with E-state index < -0.39 is 15.7 Å². The molecule has 0 aromatic heterocycles. The summed E-state index contributed by atoms with van der Waals surface area (Å²) in [5.41, 5.74) is 0.405. The van der Waals surface area contributed by atoms with Gasteiger partial charge in [0.25, 0.3) is 0 Å². The molecule has 0 unspecified atom stereocenters. The normalized spacial score (nSPS) is 16.8. The Hall–Kier alpha value is -1.63. The lowest BCUT2D eigenvalue weighted by Crippen LogP contribution is -2.37. The van der Waals surface area contributed by atoms with Gasteiger partial charge in [0.15, 0.2) is 9.84 Å². The molecule has 1 saturated heterocycles. The van der Waals surface area contributed by atoms with Gasteiger partial charge in [-0.3, -0.25) is 0 Å². The highest BCUT2D eigenvalue weighted by molar-refractivity contribution is 7.90. The number of sulfone groups is 1. The first-order chi connectivity index (χ1) is 9.84.